The maximum atomic E-state index is 12.6. The summed E-state index contributed by atoms with van der Waals surface area (Å²) in [7, 11) is 1.82. The van der Waals surface area contributed by atoms with Crippen molar-refractivity contribution in [1.82, 2.24) is 4.90 Å². The van der Waals surface area contributed by atoms with E-state index < -0.39 is 0 Å². The molecule has 3 saturated carbocycles. The monoisotopic (exact) mass is 390 g/mol. The van der Waals surface area contributed by atoms with E-state index in [-0.39, 0.29) is 17.8 Å². The van der Waals surface area contributed by atoms with Gasteiger partial charge in [0, 0.05) is 19.4 Å². The molecule has 1 aliphatic heterocycles. The number of methoxy groups -OCH3 is 1. The van der Waals surface area contributed by atoms with Crippen molar-refractivity contribution in [1.29, 1.82) is 0 Å². The molecular formula is C23H38N2O3. The zero-order valence-electron chi connectivity index (χ0n) is 18.0. The lowest BCUT2D eigenvalue weighted by atomic mass is 9.76. The molecule has 0 radical (unpaired) electrons. The first-order chi connectivity index (χ1) is 13.2. The standard InChI is InChI=1S/C23H38N2O3/c1-13(27-5)16-8-15(12-28-14(2)25-22(24)23(25,3)4)9-18-11-17(10-16)19-6-7-20(26)21(18)19/h13,15-19,21-22H,2,6-12,24H2,1,3-5H3. The minimum absolute atomic E-state index is 0.00828. The van der Waals surface area contributed by atoms with E-state index in [2.05, 4.69) is 27.4 Å². The van der Waals surface area contributed by atoms with Crippen LogP contribution < -0.4 is 5.73 Å². The lowest BCUT2D eigenvalue weighted by Crippen LogP contribution is -2.29. The Morgan fingerprint density at radius 1 is 1.29 bits per heavy atom. The highest BCUT2D eigenvalue weighted by atomic mass is 16.5. The molecule has 4 rings (SSSR count). The Balaban J connectivity index is 1.45. The lowest BCUT2D eigenvalue weighted by molar-refractivity contribution is -0.122. The van der Waals surface area contributed by atoms with Gasteiger partial charge in [-0.25, -0.2) is 0 Å². The molecule has 1 heterocycles. The normalized spacial score (nSPS) is 42.5. The summed E-state index contributed by atoms with van der Waals surface area (Å²) in [5.74, 6) is 4.38. The van der Waals surface area contributed by atoms with Crippen LogP contribution in [0.1, 0.15) is 59.3 Å². The summed E-state index contributed by atoms with van der Waals surface area (Å²) < 4.78 is 11.9. The Kier molecular flexibility index (Phi) is 5.28. The zero-order chi connectivity index (χ0) is 20.2. The molecule has 158 valence electrons. The average molecular weight is 391 g/mol. The van der Waals surface area contributed by atoms with Crippen LogP contribution in [-0.2, 0) is 14.3 Å². The third kappa shape index (κ3) is 3.39. The molecule has 0 spiro atoms. The number of nitrogens with two attached hydrogens (primary N) is 1. The third-order valence-corrected chi connectivity index (χ3v) is 8.50. The third-order valence-electron chi connectivity index (χ3n) is 8.50. The fourth-order valence-electron chi connectivity index (χ4n) is 6.69. The number of hydrogen-bond acceptors (Lipinski definition) is 5. The molecule has 5 nitrogen and oxygen atoms in total. The van der Waals surface area contributed by atoms with Crippen LogP contribution in [0.4, 0.5) is 0 Å². The van der Waals surface area contributed by atoms with Crippen LogP contribution in [0.3, 0.4) is 0 Å². The molecule has 5 heteroatoms. The molecule has 1 saturated heterocycles. The molecule has 4 fully saturated rings. The number of fused-ring (bicyclic) bond motifs is 5. The Labute approximate surface area is 170 Å². The van der Waals surface area contributed by atoms with E-state index in [1.54, 1.807) is 0 Å². The van der Waals surface area contributed by atoms with Gasteiger partial charge in [0.05, 0.1) is 18.2 Å². The van der Waals surface area contributed by atoms with Crippen molar-refractivity contribution in [3.63, 3.8) is 0 Å². The van der Waals surface area contributed by atoms with Crippen LogP contribution in [0.25, 0.3) is 0 Å². The number of carbonyl (C=O) groups excluding carboxylic acids is 1. The van der Waals surface area contributed by atoms with Crippen LogP contribution in [0.15, 0.2) is 12.5 Å². The molecule has 0 amide bonds. The first kappa shape index (κ1) is 20.2. The van der Waals surface area contributed by atoms with Crippen molar-refractivity contribution in [3.05, 3.63) is 12.5 Å². The van der Waals surface area contributed by atoms with Gasteiger partial charge in [-0.3, -0.25) is 4.79 Å². The van der Waals surface area contributed by atoms with Crippen LogP contribution in [0.2, 0.25) is 0 Å². The smallest absolute Gasteiger partial charge is 0.183 e. The number of ketones is 1. The molecule has 28 heavy (non-hydrogen) atoms. The highest BCUT2D eigenvalue weighted by Crippen LogP contribution is 2.55. The molecule has 0 aromatic carbocycles. The fourth-order valence-corrected chi connectivity index (χ4v) is 6.69. The highest BCUT2D eigenvalue weighted by Gasteiger charge is 2.55. The van der Waals surface area contributed by atoms with Crippen LogP contribution >= 0.6 is 0 Å². The fraction of sp³-hybridized carbons (Fsp3) is 0.870. The molecular weight excluding hydrogens is 352 g/mol. The summed E-state index contributed by atoms with van der Waals surface area (Å²) in [5, 5.41) is 0. The van der Waals surface area contributed by atoms with E-state index in [1.807, 2.05) is 12.0 Å². The molecule has 4 aliphatic rings. The molecule has 2 bridgehead atoms. The Morgan fingerprint density at radius 3 is 2.64 bits per heavy atom. The summed E-state index contributed by atoms with van der Waals surface area (Å²) in [6.45, 7) is 11.2. The molecule has 8 atom stereocenters. The van der Waals surface area contributed by atoms with Gasteiger partial charge in [0.1, 0.15) is 11.9 Å². The van der Waals surface area contributed by atoms with Gasteiger partial charge in [0.2, 0.25) is 0 Å². The second-order valence-electron chi connectivity index (χ2n) is 10.4. The minimum atomic E-state index is -0.0622. The van der Waals surface area contributed by atoms with Crippen molar-refractivity contribution in [2.24, 2.45) is 41.2 Å². The van der Waals surface area contributed by atoms with E-state index in [4.69, 9.17) is 15.2 Å². The van der Waals surface area contributed by atoms with Gasteiger partial charge >= 0.3 is 0 Å². The molecule has 0 aromatic heterocycles. The van der Waals surface area contributed by atoms with Crippen LogP contribution in [0.5, 0.6) is 0 Å². The quantitative estimate of drug-likeness (QED) is 0.555. The van der Waals surface area contributed by atoms with Crippen molar-refractivity contribution in [2.75, 3.05) is 13.7 Å². The van der Waals surface area contributed by atoms with E-state index in [9.17, 15) is 4.79 Å². The van der Waals surface area contributed by atoms with Gasteiger partial charge in [-0.05, 0) is 89.0 Å². The lowest BCUT2D eigenvalue weighted by Gasteiger charge is -2.33. The number of ether oxygens (including phenoxy) is 2. The zero-order valence-corrected chi connectivity index (χ0v) is 18.0. The number of Topliss-reactive ketones (excluding diaryl/α,β-unsaturated/α-hetero) is 1. The maximum absolute atomic E-state index is 12.6. The highest BCUT2D eigenvalue weighted by molar-refractivity contribution is 5.84. The maximum Gasteiger partial charge on any atom is 0.183 e. The average Bonchev–Trinajstić information content (AvgIpc) is 2.96. The first-order valence-electron chi connectivity index (χ1n) is 11.2. The summed E-state index contributed by atoms with van der Waals surface area (Å²) >= 11 is 0. The molecule has 3 aliphatic carbocycles. The predicted octanol–water partition coefficient (Wildman–Crippen LogP) is 3.54. The molecule has 2 N–H and O–H groups in total. The van der Waals surface area contributed by atoms with E-state index in [0.717, 1.165) is 25.7 Å². The number of nitrogens with zero attached hydrogens (tertiary/aromatic N) is 1. The van der Waals surface area contributed by atoms with Gasteiger partial charge in [-0.1, -0.05) is 0 Å². The van der Waals surface area contributed by atoms with Gasteiger partial charge < -0.3 is 20.1 Å². The number of carbonyl (C=O) groups is 1. The van der Waals surface area contributed by atoms with Crippen LogP contribution in [0, 0.1) is 35.5 Å². The van der Waals surface area contributed by atoms with E-state index in [1.165, 1.54) is 12.8 Å². The molecule has 8 unspecified atom stereocenters. The Hall–Kier alpha value is -1.07. The first-order valence-corrected chi connectivity index (χ1v) is 11.2. The van der Waals surface area contributed by atoms with Crippen molar-refractivity contribution < 1.29 is 14.3 Å². The summed E-state index contributed by atoms with van der Waals surface area (Å²) in [4.78, 5) is 14.6. The van der Waals surface area contributed by atoms with Crippen molar-refractivity contribution in [2.45, 2.75) is 77.1 Å². The van der Waals surface area contributed by atoms with E-state index in [0.29, 0.717) is 53.8 Å². The largest absolute Gasteiger partial charge is 0.479 e. The van der Waals surface area contributed by atoms with Crippen molar-refractivity contribution >= 4 is 5.78 Å². The van der Waals surface area contributed by atoms with Crippen molar-refractivity contribution in [3.8, 4) is 0 Å². The minimum Gasteiger partial charge on any atom is -0.479 e. The summed E-state index contributed by atoms with van der Waals surface area (Å²) in [6.07, 6.45) is 6.77. The van der Waals surface area contributed by atoms with Gasteiger partial charge in [0.15, 0.2) is 5.88 Å². The summed E-state index contributed by atoms with van der Waals surface area (Å²) in [6, 6.07) is 0. The topological polar surface area (TPSA) is 64.6 Å². The second-order valence-corrected chi connectivity index (χ2v) is 10.4. The second kappa shape index (κ2) is 7.32. The SMILES string of the molecule is C=C(OCC1CC(C(C)OC)CC2CC(C1)C1C(=O)CCC21)N1C(N)C1(C)C. The summed E-state index contributed by atoms with van der Waals surface area (Å²) in [5.41, 5.74) is 6.07. The predicted molar refractivity (Wildman–Crippen MR) is 109 cm³/mol. The molecule has 0 aromatic rings. The van der Waals surface area contributed by atoms with Crippen LogP contribution in [-0.4, -0.2) is 42.2 Å². The Morgan fingerprint density at radius 2 is 2.00 bits per heavy atom. The van der Waals surface area contributed by atoms with Gasteiger partial charge in [-0.2, -0.15) is 0 Å². The Bertz CT molecular complexity index is 633. The van der Waals surface area contributed by atoms with E-state index >= 15 is 0 Å². The number of hydrogen-bond donors (Lipinski definition) is 1. The van der Waals surface area contributed by atoms with Gasteiger partial charge in [-0.15, -0.1) is 0 Å². The van der Waals surface area contributed by atoms with Gasteiger partial charge in [0.25, 0.3) is 0 Å². The number of rotatable bonds is 6.